The van der Waals surface area contributed by atoms with E-state index in [1.165, 1.54) is 5.56 Å². The van der Waals surface area contributed by atoms with Crippen molar-refractivity contribution < 1.29 is 18.3 Å². The Hall–Kier alpha value is -3.99. The average molecular weight is 680 g/mol. The molecule has 3 aliphatic rings. The van der Waals surface area contributed by atoms with Gasteiger partial charge in [0, 0.05) is 63.3 Å². The van der Waals surface area contributed by atoms with Crippen LogP contribution in [-0.2, 0) is 35.0 Å². The number of pyridine rings is 1. The maximum Gasteiger partial charge on any atom is 0.184 e. The number of piperidine rings is 1. The second-order valence-corrected chi connectivity index (χ2v) is 13.8. The first kappa shape index (κ1) is 34.5. The molecule has 9 heteroatoms. The van der Waals surface area contributed by atoms with Gasteiger partial charge in [0.1, 0.15) is 6.17 Å². The lowest BCUT2D eigenvalue weighted by Crippen LogP contribution is -2.68. The van der Waals surface area contributed by atoms with Crippen LogP contribution in [0.4, 0.5) is 8.78 Å². The standard InChI is InChI=1S/C41H47F2N5O2/c1-40(49-30-33-14-7-3-8-15-33)39(26-38(43)41(45-40,35-18-11-20-44-27-35)50-31-34-16-9-4-10-17-34)48-21-19-37(36(42)29-48)47-24-22-46(23-25-47)28-32-12-5-2-6-13-32/h2-18,20,26-27,36-38,45H,19,21-25,28-31H2,1H3/t36-,37+,38?,40?,41?/m1/s1. The van der Waals surface area contributed by atoms with Crippen LogP contribution in [-0.4, -0.2) is 83.1 Å². The number of halogens is 2. The third kappa shape index (κ3) is 7.67. The second kappa shape index (κ2) is 15.5. The van der Waals surface area contributed by atoms with Crippen molar-refractivity contribution in [3.8, 4) is 0 Å². The summed E-state index contributed by atoms with van der Waals surface area (Å²) in [7, 11) is 0. The van der Waals surface area contributed by atoms with Crippen molar-refractivity contribution in [3.63, 3.8) is 0 Å². The first-order valence-electron chi connectivity index (χ1n) is 17.7. The third-order valence-corrected chi connectivity index (χ3v) is 10.3. The fourth-order valence-corrected chi connectivity index (χ4v) is 7.62. The molecule has 2 saturated heterocycles. The lowest BCUT2D eigenvalue weighted by molar-refractivity contribution is -0.195. The molecule has 7 rings (SSSR count). The highest BCUT2D eigenvalue weighted by Gasteiger charge is 2.54. The van der Waals surface area contributed by atoms with Gasteiger partial charge in [0.2, 0.25) is 0 Å². The summed E-state index contributed by atoms with van der Waals surface area (Å²) in [5.74, 6) is 0. The van der Waals surface area contributed by atoms with Crippen LogP contribution in [0.3, 0.4) is 0 Å². The van der Waals surface area contributed by atoms with Crippen molar-refractivity contribution >= 4 is 0 Å². The molecule has 4 heterocycles. The molecular weight excluding hydrogens is 632 g/mol. The van der Waals surface area contributed by atoms with E-state index < -0.39 is 23.8 Å². The zero-order chi connectivity index (χ0) is 34.4. The van der Waals surface area contributed by atoms with Crippen molar-refractivity contribution in [1.82, 2.24) is 25.0 Å². The lowest BCUT2D eigenvalue weighted by Gasteiger charge is -2.52. The van der Waals surface area contributed by atoms with E-state index in [1.54, 1.807) is 24.5 Å². The molecule has 0 amide bonds. The number of nitrogens with one attached hydrogen (secondary N) is 1. The Balaban J connectivity index is 1.11. The molecule has 262 valence electrons. The Labute approximate surface area is 294 Å². The maximum absolute atomic E-state index is 17.0. The molecule has 0 radical (unpaired) electrons. The number of aromatic nitrogens is 1. The summed E-state index contributed by atoms with van der Waals surface area (Å²) >= 11 is 0. The topological polar surface area (TPSA) is 53.1 Å². The molecule has 0 aliphatic carbocycles. The zero-order valence-corrected chi connectivity index (χ0v) is 28.7. The highest BCUT2D eigenvalue weighted by atomic mass is 19.1. The zero-order valence-electron chi connectivity index (χ0n) is 28.7. The van der Waals surface area contributed by atoms with Gasteiger partial charge in [0.05, 0.1) is 25.5 Å². The highest BCUT2D eigenvalue weighted by molar-refractivity contribution is 5.32. The normalized spacial score (nSPS) is 27.9. The van der Waals surface area contributed by atoms with Crippen LogP contribution in [0, 0.1) is 0 Å². The molecule has 3 aromatic carbocycles. The molecule has 3 unspecified atom stereocenters. The fourth-order valence-electron chi connectivity index (χ4n) is 7.62. The minimum Gasteiger partial charge on any atom is -0.368 e. The largest absolute Gasteiger partial charge is 0.368 e. The predicted molar refractivity (Wildman–Crippen MR) is 191 cm³/mol. The molecule has 0 saturated carbocycles. The van der Waals surface area contributed by atoms with Gasteiger partial charge in [-0.3, -0.25) is 14.8 Å². The fraction of sp³-hybridized carbons (Fsp3) is 0.390. The van der Waals surface area contributed by atoms with Crippen LogP contribution in [0.2, 0.25) is 0 Å². The number of hydrogen-bond acceptors (Lipinski definition) is 7. The van der Waals surface area contributed by atoms with Gasteiger partial charge in [0.25, 0.3) is 0 Å². The van der Waals surface area contributed by atoms with E-state index >= 15 is 8.78 Å². The van der Waals surface area contributed by atoms with Crippen LogP contribution in [0.25, 0.3) is 0 Å². The van der Waals surface area contributed by atoms with Gasteiger partial charge in [-0.25, -0.2) is 14.1 Å². The molecule has 3 aliphatic heterocycles. The van der Waals surface area contributed by atoms with E-state index in [2.05, 4.69) is 44.4 Å². The minimum absolute atomic E-state index is 0.157. The van der Waals surface area contributed by atoms with E-state index in [-0.39, 0.29) is 25.8 Å². The van der Waals surface area contributed by atoms with E-state index in [4.69, 9.17) is 9.47 Å². The first-order valence-corrected chi connectivity index (χ1v) is 17.7. The smallest absolute Gasteiger partial charge is 0.184 e. The molecule has 0 spiro atoms. The molecule has 7 nitrogen and oxygen atoms in total. The van der Waals surface area contributed by atoms with Crippen molar-refractivity contribution in [2.45, 2.75) is 62.9 Å². The molecular formula is C41H47F2N5O2. The molecule has 0 bridgehead atoms. The molecule has 50 heavy (non-hydrogen) atoms. The SMILES string of the molecule is CC1(OCc2ccccc2)NC(OCc2ccccc2)(c2cccnc2)C(F)C=C1N1CC[C@H](N2CCN(Cc3ccccc3)CC2)[C@H](F)C1. The second-order valence-electron chi connectivity index (χ2n) is 13.8. The van der Waals surface area contributed by atoms with Gasteiger partial charge in [-0.1, -0.05) is 97.1 Å². The molecule has 1 aromatic heterocycles. The summed E-state index contributed by atoms with van der Waals surface area (Å²) in [6.45, 7) is 7.47. The molecule has 1 N–H and O–H groups in total. The summed E-state index contributed by atoms with van der Waals surface area (Å²) in [6.07, 6.45) is 2.79. The number of piperazine rings is 1. The molecule has 4 aromatic rings. The summed E-state index contributed by atoms with van der Waals surface area (Å²) < 4.78 is 46.5. The van der Waals surface area contributed by atoms with Gasteiger partial charge < -0.3 is 14.4 Å². The number of likely N-dealkylation sites (tertiary alicyclic amines) is 1. The van der Waals surface area contributed by atoms with Crippen molar-refractivity contribution in [2.24, 2.45) is 0 Å². The minimum atomic E-state index is -1.62. The quantitative estimate of drug-likeness (QED) is 0.196. The van der Waals surface area contributed by atoms with Crippen molar-refractivity contribution in [2.75, 3.05) is 39.3 Å². The summed E-state index contributed by atoms with van der Waals surface area (Å²) in [6, 6.07) is 33.5. The van der Waals surface area contributed by atoms with E-state index in [1.807, 2.05) is 84.6 Å². The first-order chi connectivity index (χ1) is 24.4. The Morgan fingerprint density at radius 3 is 1.98 bits per heavy atom. The van der Waals surface area contributed by atoms with Crippen LogP contribution in [0.1, 0.15) is 35.6 Å². The van der Waals surface area contributed by atoms with Gasteiger partial charge >= 0.3 is 0 Å². The van der Waals surface area contributed by atoms with Crippen LogP contribution in [0.5, 0.6) is 0 Å². The Kier molecular flexibility index (Phi) is 10.7. The predicted octanol–water partition coefficient (Wildman–Crippen LogP) is 6.44. The summed E-state index contributed by atoms with van der Waals surface area (Å²) in [5, 5.41) is 3.50. The van der Waals surface area contributed by atoms with Gasteiger partial charge in [0.15, 0.2) is 17.6 Å². The van der Waals surface area contributed by atoms with E-state index in [9.17, 15) is 0 Å². The van der Waals surface area contributed by atoms with E-state index in [0.29, 0.717) is 24.2 Å². The van der Waals surface area contributed by atoms with Crippen LogP contribution >= 0.6 is 0 Å². The van der Waals surface area contributed by atoms with Gasteiger partial charge in [-0.05, 0) is 42.2 Å². The Morgan fingerprint density at radius 2 is 1.38 bits per heavy atom. The van der Waals surface area contributed by atoms with Crippen molar-refractivity contribution in [1.29, 1.82) is 0 Å². The monoisotopic (exact) mass is 679 g/mol. The Bertz CT molecular complexity index is 1680. The number of benzene rings is 3. The van der Waals surface area contributed by atoms with Gasteiger partial charge in [-0.2, -0.15) is 0 Å². The third-order valence-electron chi connectivity index (χ3n) is 10.3. The van der Waals surface area contributed by atoms with Crippen molar-refractivity contribution in [3.05, 3.63) is 150 Å². The number of alkyl halides is 2. The average Bonchev–Trinajstić information content (AvgIpc) is 3.16. The van der Waals surface area contributed by atoms with Crippen LogP contribution < -0.4 is 5.32 Å². The number of hydrogen-bond donors (Lipinski definition) is 1. The highest BCUT2D eigenvalue weighted by Crippen LogP contribution is 2.42. The maximum atomic E-state index is 17.0. The van der Waals surface area contributed by atoms with E-state index in [0.717, 1.165) is 43.9 Å². The number of nitrogens with zero attached hydrogens (tertiary/aromatic N) is 4. The molecule has 5 atom stereocenters. The summed E-state index contributed by atoms with van der Waals surface area (Å²) in [5.41, 5.74) is 1.48. The lowest BCUT2D eigenvalue weighted by atomic mass is 9.88. The molecule has 2 fully saturated rings. The number of rotatable bonds is 11. The van der Waals surface area contributed by atoms with Crippen LogP contribution in [0.15, 0.2) is 127 Å². The Morgan fingerprint density at radius 1 is 0.760 bits per heavy atom. The summed E-state index contributed by atoms with van der Waals surface area (Å²) in [4.78, 5) is 11.0. The van der Waals surface area contributed by atoms with Gasteiger partial charge in [-0.15, -0.1) is 0 Å². The number of ether oxygens (including phenoxy) is 2.